The number of carboxylic acid groups (broad SMARTS) is 1. The molecule has 0 aliphatic carbocycles. The molecule has 102 valence electrons. The number of carboxylic acids is 1. The van der Waals surface area contributed by atoms with Gasteiger partial charge in [-0.25, -0.2) is 4.79 Å². The average molecular weight is 254 g/mol. The van der Waals surface area contributed by atoms with E-state index in [1.54, 1.807) is 11.8 Å². The highest BCUT2D eigenvalue weighted by Gasteiger charge is 2.48. The molecule has 1 amide bonds. The summed E-state index contributed by atoms with van der Waals surface area (Å²) in [6.45, 7) is 5.13. The van der Waals surface area contributed by atoms with Crippen molar-refractivity contribution in [2.75, 3.05) is 13.1 Å². The highest BCUT2D eigenvalue weighted by Crippen LogP contribution is 2.31. The van der Waals surface area contributed by atoms with Gasteiger partial charge >= 0.3 is 5.97 Å². The summed E-state index contributed by atoms with van der Waals surface area (Å²) >= 11 is 0. The van der Waals surface area contributed by atoms with Crippen LogP contribution in [-0.4, -0.2) is 46.6 Å². The second-order valence-electron chi connectivity index (χ2n) is 5.72. The molecule has 5 nitrogen and oxygen atoms in total. The van der Waals surface area contributed by atoms with E-state index < -0.39 is 11.5 Å². The number of aliphatic carboxylic acids is 1. The van der Waals surface area contributed by atoms with Gasteiger partial charge in [0.05, 0.1) is 6.04 Å². The number of hydrogen-bond donors (Lipinski definition) is 2. The van der Waals surface area contributed by atoms with Crippen molar-refractivity contribution in [2.45, 2.75) is 51.1 Å². The highest BCUT2D eigenvalue weighted by molar-refractivity contribution is 5.90. The minimum atomic E-state index is -1.02. The van der Waals surface area contributed by atoms with Gasteiger partial charge in [0.2, 0.25) is 5.91 Å². The zero-order valence-corrected chi connectivity index (χ0v) is 11.1. The molecule has 0 aromatic heterocycles. The Hall–Kier alpha value is -1.10. The van der Waals surface area contributed by atoms with Gasteiger partial charge in [-0.3, -0.25) is 4.79 Å². The Morgan fingerprint density at radius 3 is 2.72 bits per heavy atom. The Kier molecular flexibility index (Phi) is 3.61. The van der Waals surface area contributed by atoms with Gasteiger partial charge in [-0.2, -0.15) is 0 Å². The van der Waals surface area contributed by atoms with Crippen LogP contribution in [0.25, 0.3) is 0 Å². The van der Waals surface area contributed by atoms with Crippen molar-refractivity contribution in [3.8, 4) is 0 Å². The maximum absolute atomic E-state index is 12.5. The van der Waals surface area contributed by atoms with Crippen LogP contribution in [0.1, 0.15) is 39.5 Å². The lowest BCUT2D eigenvalue weighted by Gasteiger charge is -2.37. The number of likely N-dealkylation sites (tertiary alicyclic amines) is 1. The quantitative estimate of drug-likeness (QED) is 0.766. The van der Waals surface area contributed by atoms with Gasteiger partial charge in [0, 0.05) is 6.54 Å². The lowest BCUT2D eigenvalue weighted by Crippen LogP contribution is -2.58. The van der Waals surface area contributed by atoms with Gasteiger partial charge in [-0.15, -0.1) is 0 Å². The molecule has 0 aromatic rings. The van der Waals surface area contributed by atoms with Crippen molar-refractivity contribution >= 4 is 11.9 Å². The summed E-state index contributed by atoms with van der Waals surface area (Å²) in [7, 11) is 0. The monoisotopic (exact) mass is 254 g/mol. The third-order valence-corrected chi connectivity index (χ3v) is 4.40. The zero-order chi connectivity index (χ0) is 13.3. The van der Waals surface area contributed by atoms with E-state index >= 15 is 0 Å². The SMILES string of the molecule is CC1CCCNC1C(=O)N1CCCC1(C)C(=O)O. The fourth-order valence-electron chi connectivity index (χ4n) is 3.09. The smallest absolute Gasteiger partial charge is 0.329 e. The van der Waals surface area contributed by atoms with Crippen molar-refractivity contribution in [2.24, 2.45) is 5.92 Å². The first-order valence-corrected chi connectivity index (χ1v) is 6.75. The topological polar surface area (TPSA) is 69.6 Å². The van der Waals surface area contributed by atoms with Crippen molar-refractivity contribution in [1.82, 2.24) is 10.2 Å². The Morgan fingerprint density at radius 2 is 2.11 bits per heavy atom. The van der Waals surface area contributed by atoms with Crippen LogP contribution in [0.2, 0.25) is 0 Å². The number of amides is 1. The molecule has 3 atom stereocenters. The molecule has 3 unspecified atom stereocenters. The van der Waals surface area contributed by atoms with Crippen LogP contribution in [0, 0.1) is 5.92 Å². The fourth-order valence-corrected chi connectivity index (χ4v) is 3.09. The molecular weight excluding hydrogens is 232 g/mol. The van der Waals surface area contributed by atoms with Gasteiger partial charge in [-0.1, -0.05) is 6.92 Å². The third kappa shape index (κ3) is 2.11. The summed E-state index contributed by atoms with van der Waals surface area (Å²) < 4.78 is 0. The predicted octanol–water partition coefficient (Wildman–Crippen LogP) is 0.840. The lowest BCUT2D eigenvalue weighted by atomic mass is 9.90. The molecule has 5 heteroatoms. The summed E-state index contributed by atoms with van der Waals surface area (Å²) in [5, 5.41) is 12.6. The van der Waals surface area contributed by atoms with Crippen LogP contribution in [0.5, 0.6) is 0 Å². The largest absolute Gasteiger partial charge is 0.480 e. The molecule has 0 spiro atoms. The van der Waals surface area contributed by atoms with Gasteiger partial charge in [0.15, 0.2) is 0 Å². The van der Waals surface area contributed by atoms with Gasteiger partial charge in [-0.05, 0) is 45.1 Å². The first-order chi connectivity index (χ1) is 8.47. The molecule has 2 rings (SSSR count). The maximum Gasteiger partial charge on any atom is 0.329 e. The van der Waals surface area contributed by atoms with Gasteiger partial charge in [0.1, 0.15) is 5.54 Å². The van der Waals surface area contributed by atoms with E-state index in [4.69, 9.17) is 0 Å². The number of hydrogen-bond acceptors (Lipinski definition) is 3. The highest BCUT2D eigenvalue weighted by atomic mass is 16.4. The minimum Gasteiger partial charge on any atom is -0.480 e. The Morgan fingerprint density at radius 1 is 1.39 bits per heavy atom. The second-order valence-corrected chi connectivity index (χ2v) is 5.72. The Labute approximate surface area is 108 Å². The normalized spacial score (nSPS) is 36.7. The van der Waals surface area contributed by atoms with Crippen LogP contribution in [0.4, 0.5) is 0 Å². The first-order valence-electron chi connectivity index (χ1n) is 6.75. The number of carbonyl (C=O) groups excluding carboxylic acids is 1. The minimum absolute atomic E-state index is 0.0374. The van der Waals surface area contributed by atoms with E-state index in [-0.39, 0.29) is 17.9 Å². The van der Waals surface area contributed by atoms with Crippen LogP contribution in [-0.2, 0) is 9.59 Å². The molecule has 18 heavy (non-hydrogen) atoms. The number of rotatable bonds is 2. The molecule has 2 heterocycles. The lowest BCUT2D eigenvalue weighted by molar-refractivity contribution is -0.156. The van der Waals surface area contributed by atoms with E-state index in [1.807, 2.05) is 0 Å². The standard InChI is InChI=1S/C13H22N2O3/c1-9-5-3-7-14-10(9)11(16)15-8-4-6-13(15,2)12(17)18/h9-10,14H,3-8H2,1-2H3,(H,17,18). The van der Waals surface area contributed by atoms with E-state index in [1.165, 1.54) is 0 Å². The molecule has 2 N–H and O–H groups in total. The van der Waals surface area contributed by atoms with Crippen LogP contribution in [0.3, 0.4) is 0 Å². The molecule has 0 bridgehead atoms. The van der Waals surface area contributed by atoms with E-state index in [0.29, 0.717) is 13.0 Å². The number of nitrogens with one attached hydrogen (secondary N) is 1. The number of nitrogens with zero attached hydrogens (tertiary/aromatic N) is 1. The fraction of sp³-hybridized carbons (Fsp3) is 0.846. The molecule has 2 fully saturated rings. The van der Waals surface area contributed by atoms with Crippen LogP contribution in [0.15, 0.2) is 0 Å². The van der Waals surface area contributed by atoms with E-state index in [0.717, 1.165) is 25.8 Å². The first kappa shape index (κ1) is 13.3. The number of carbonyl (C=O) groups is 2. The molecule has 0 radical (unpaired) electrons. The Balaban J connectivity index is 2.15. The summed E-state index contributed by atoms with van der Waals surface area (Å²) in [4.78, 5) is 25.5. The van der Waals surface area contributed by atoms with E-state index in [2.05, 4.69) is 12.2 Å². The third-order valence-electron chi connectivity index (χ3n) is 4.40. The van der Waals surface area contributed by atoms with Crippen LogP contribution >= 0.6 is 0 Å². The van der Waals surface area contributed by atoms with Gasteiger partial charge in [0.25, 0.3) is 0 Å². The van der Waals surface area contributed by atoms with Gasteiger partial charge < -0.3 is 15.3 Å². The molecule has 2 aliphatic rings. The Bertz CT molecular complexity index is 358. The molecular formula is C13H22N2O3. The van der Waals surface area contributed by atoms with Crippen molar-refractivity contribution < 1.29 is 14.7 Å². The van der Waals surface area contributed by atoms with Crippen LogP contribution < -0.4 is 5.32 Å². The second kappa shape index (κ2) is 4.88. The molecule has 0 saturated carbocycles. The van der Waals surface area contributed by atoms with Crippen molar-refractivity contribution in [3.63, 3.8) is 0 Å². The molecule has 2 aliphatic heterocycles. The molecule has 2 saturated heterocycles. The summed E-state index contributed by atoms with van der Waals surface area (Å²) in [5.74, 6) is -0.647. The summed E-state index contributed by atoms with van der Waals surface area (Å²) in [6, 6.07) is -0.212. The summed E-state index contributed by atoms with van der Waals surface area (Å²) in [6.07, 6.45) is 3.44. The zero-order valence-electron chi connectivity index (χ0n) is 11.1. The number of piperidine rings is 1. The van der Waals surface area contributed by atoms with E-state index in [9.17, 15) is 14.7 Å². The van der Waals surface area contributed by atoms with Crippen molar-refractivity contribution in [3.05, 3.63) is 0 Å². The average Bonchev–Trinajstić information content (AvgIpc) is 2.72. The maximum atomic E-state index is 12.5. The predicted molar refractivity (Wildman–Crippen MR) is 67.2 cm³/mol. The summed E-state index contributed by atoms with van der Waals surface area (Å²) in [5.41, 5.74) is -1.02. The van der Waals surface area contributed by atoms with Crippen molar-refractivity contribution in [1.29, 1.82) is 0 Å². The molecule has 0 aromatic carbocycles.